The van der Waals surface area contributed by atoms with E-state index >= 15 is 0 Å². The van der Waals surface area contributed by atoms with E-state index in [9.17, 15) is 18.5 Å². The first-order valence-electron chi connectivity index (χ1n) is 6.54. The smallest absolute Gasteiger partial charge is 0.258 e. The monoisotopic (exact) mass is 341 g/mol. The Morgan fingerprint density at radius 2 is 2.23 bits per heavy atom. The Morgan fingerprint density at radius 1 is 1.45 bits per heavy atom. The van der Waals surface area contributed by atoms with E-state index in [2.05, 4.69) is 9.71 Å². The minimum atomic E-state index is -3.62. The highest BCUT2D eigenvalue weighted by Crippen LogP contribution is 2.21. The molecule has 0 spiro atoms. The molecule has 0 unspecified atom stereocenters. The van der Waals surface area contributed by atoms with Gasteiger partial charge in [-0.2, -0.15) is 0 Å². The summed E-state index contributed by atoms with van der Waals surface area (Å²) in [6.07, 6.45) is 2.19. The molecule has 0 aliphatic rings. The second-order valence-electron chi connectivity index (χ2n) is 4.64. The van der Waals surface area contributed by atoms with Crippen molar-refractivity contribution in [1.29, 1.82) is 0 Å². The van der Waals surface area contributed by atoms with Crippen molar-refractivity contribution in [2.45, 2.75) is 25.1 Å². The standard InChI is InChI=1S/C13H15N3O4S2/c1-2-12(13-14-6-7-21-13)15-22(19,20)9-10-4-3-5-11(8-10)16(17)18/h3-8,12,15H,2,9H2,1H3/t12-/m0/s1. The van der Waals surface area contributed by atoms with Crippen molar-refractivity contribution in [3.05, 3.63) is 56.5 Å². The van der Waals surface area contributed by atoms with E-state index in [1.807, 2.05) is 6.92 Å². The fraction of sp³-hybridized carbons (Fsp3) is 0.308. The van der Waals surface area contributed by atoms with E-state index in [4.69, 9.17) is 0 Å². The number of hydrogen-bond donors (Lipinski definition) is 1. The average molecular weight is 341 g/mol. The summed E-state index contributed by atoms with van der Waals surface area (Å²) in [5, 5.41) is 13.2. The van der Waals surface area contributed by atoms with Crippen LogP contribution in [0.25, 0.3) is 0 Å². The Balaban J connectivity index is 2.14. The molecule has 7 nitrogen and oxygen atoms in total. The largest absolute Gasteiger partial charge is 0.269 e. The van der Waals surface area contributed by atoms with E-state index in [-0.39, 0.29) is 17.5 Å². The minimum absolute atomic E-state index is 0.125. The number of rotatable bonds is 7. The fourth-order valence-corrected chi connectivity index (χ4v) is 4.21. The zero-order valence-corrected chi connectivity index (χ0v) is 13.4. The molecule has 0 saturated carbocycles. The van der Waals surface area contributed by atoms with Crippen LogP contribution in [-0.2, 0) is 15.8 Å². The van der Waals surface area contributed by atoms with Crippen molar-refractivity contribution in [2.75, 3.05) is 0 Å². The van der Waals surface area contributed by atoms with Crippen LogP contribution in [0.2, 0.25) is 0 Å². The third kappa shape index (κ3) is 4.33. The van der Waals surface area contributed by atoms with Gasteiger partial charge in [-0.1, -0.05) is 19.1 Å². The first-order chi connectivity index (χ1) is 10.4. The van der Waals surface area contributed by atoms with Gasteiger partial charge in [-0.15, -0.1) is 11.3 Å². The van der Waals surface area contributed by atoms with E-state index in [1.54, 1.807) is 17.6 Å². The van der Waals surface area contributed by atoms with Gasteiger partial charge in [0.25, 0.3) is 5.69 Å². The van der Waals surface area contributed by atoms with Crippen molar-refractivity contribution in [2.24, 2.45) is 0 Å². The summed E-state index contributed by atoms with van der Waals surface area (Å²) >= 11 is 1.38. The van der Waals surface area contributed by atoms with Gasteiger partial charge in [0.2, 0.25) is 10.0 Å². The summed E-state index contributed by atoms with van der Waals surface area (Å²) in [7, 11) is -3.62. The van der Waals surface area contributed by atoms with Gasteiger partial charge in [0.05, 0.1) is 16.7 Å². The lowest BCUT2D eigenvalue weighted by Gasteiger charge is -2.14. The Kier molecular flexibility index (Phi) is 5.22. The van der Waals surface area contributed by atoms with Gasteiger partial charge >= 0.3 is 0 Å². The molecular formula is C13H15N3O4S2. The Bertz CT molecular complexity index is 744. The van der Waals surface area contributed by atoms with E-state index < -0.39 is 14.9 Å². The van der Waals surface area contributed by atoms with Crippen molar-refractivity contribution in [3.8, 4) is 0 Å². The summed E-state index contributed by atoms with van der Waals surface area (Å²) in [5.74, 6) is -0.309. The normalized spacial score (nSPS) is 13.0. The van der Waals surface area contributed by atoms with Crippen LogP contribution in [-0.4, -0.2) is 18.3 Å². The molecule has 0 bridgehead atoms. The van der Waals surface area contributed by atoms with Crippen LogP contribution in [0.1, 0.15) is 30.0 Å². The maximum absolute atomic E-state index is 12.2. The number of nitro groups is 1. The Labute approximate surface area is 132 Å². The lowest BCUT2D eigenvalue weighted by Crippen LogP contribution is -2.29. The molecule has 118 valence electrons. The van der Waals surface area contributed by atoms with Gasteiger partial charge in [-0.25, -0.2) is 18.1 Å². The van der Waals surface area contributed by atoms with Crippen molar-refractivity contribution in [1.82, 2.24) is 9.71 Å². The number of sulfonamides is 1. The quantitative estimate of drug-likeness (QED) is 0.616. The Hall–Kier alpha value is -1.84. The average Bonchev–Trinajstić information content (AvgIpc) is 2.98. The molecule has 2 rings (SSSR count). The second-order valence-corrected chi connectivity index (χ2v) is 7.32. The molecule has 1 atom stereocenters. The zero-order chi connectivity index (χ0) is 16.2. The summed E-state index contributed by atoms with van der Waals surface area (Å²) in [5.41, 5.74) is 0.246. The molecule has 1 N–H and O–H groups in total. The topological polar surface area (TPSA) is 102 Å². The molecule has 1 aromatic heterocycles. The Morgan fingerprint density at radius 3 is 2.82 bits per heavy atom. The number of nitro benzene ring substituents is 1. The maximum atomic E-state index is 12.2. The van der Waals surface area contributed by atoms with Crippen LogP contribution in [0, 0.1) is 10.1 Å². The van der Waals surface area contributed by atoms with Crippen LogP contribution < -0.4 is 4.72 Å². The SMILES string of the molecule is CC[C@H](NS(=O)(=O)Cc1cccc([N+](=O)[O-])c1)c1nccs1. The molecule has 9 heteroatoms. The molecule has 1 heterocycles. The van der Waals surface area contributed by atoms with Crippen molar-refractivity contribution < 1.29 is 13.3 Å². The van der Waals surface area contributed by atoms with Crippen LogP contribution in [0.4, 0.5) is 5.69 Å². The number of nitrogens with one attached hydrogen (secondary N) is 1. The van der Waals surface area contributed by atoms with Gasteiger partial charge in [0.15, 0.2) is 0 Å². The summed E-state index contributed by atoms with van der Waals surface area (Å²) in [6, 6.07) is 5.23. The highest BCUT2D eigenvalue weighted by atomic mass is 32.2. The molecule has 0 fully saturated rings. The lowest BCUT2D eigenvalue weighted by atomic mass is 10.2. The van der Waals surface area contributed by atoms with Gasteiger partial charge in [-0.3, -0.25) is 10.1 Å². The predicted octanol–water partition coefficient (Wildman–Crippen LogP) is 2.62. The summed E-state index contributed by atoms with van der Waals surface area (Å²) in [6.45, 7) is 1.86. The predicted molar refractivity (Wildman–Crippen MR) is 84.0 cm³/mol. The molecule has 0 aliphatic heterocycles. The van der Waals surface area contributed by atoms with E-state index in [0.717, 1.165) is 0 Å². The highest BCUT2D eigenvalue weighted by Gasteiger charge is 2.21. The number of hydrogen-bond acceptors (Lipinski definition) is 6. The maximum Gasteiger partial charge on any atom is 0.269 e. The fourth-order valence-electron chi connectivity index (χ4n) is 1.95. The minimum Gasteiger partial charge on any atom is -0.258 e. The van der Waals surface area contributed by atoms with Crippen LogP contribution in [0.3, 0.4) is 0 Å². The van der Waals surface area contributed by atoms with Gasteiger partial charge in [0, 0.05) is 23.7 Å². The van der Waals surface area contributed by atoms with Crippen molar-refractivity contribution in [3.63, 3.8) is 0 Å². The summed E-state index contributed by atoms with van der Waals surface area (Å²) in [4.78, 5) is 14.3. The van der Waals surface area contributed by atoms with Gasteiger partial charge in [0.1, 0.15) is 5.01 Å². The van der Waals surface area contributed by atoms with Crippen LogP contribution in [0.5, 0.6) is 0 Å². The van der Waals surface area contributed by atoms with E-state index in [0.29, 0.717) is 17.0 Å². The molecule has 22 heavy (non-hydrogen) atoms. The molecule has 1 aromatic carbocycles. The van der Waals surface area contributed by atoms with Crippen LogP contribution >= 0.6 is 11.3 Å². The van der Waals surface area contributed by atoms with Crippen molar-refractivity contribution >= 4 is 27.0 Å². The highest BCUT2D eigenvalue weighted by molar-refractivity contribution is 7.88. The molecule has 2 aromatic rings. The number of aromatic nitrogens is 1. The number of thiazole rings is 1. The third-order valence-corrected chi connectivity index (χ3v) is 5.20. The summed E-state index contributed by atoms with van der Waals surface area (Å²) < 4.78 is 27.1. The molecule has 0 saturated heterocycles. The van der Waals surface area contributed by atoms with Gasteiger partial charge in [-0.05, 0) is 12.0 Å². The lowest BCUT2D eigenvalue weighted by molar-refractivity contribution is -0.384. The number of non-ortho nitro benzene ring substituents is 1. The van der Waals surface area contributed by atoms with E-state index in [1.165, 1.54) is 29.5 Å². The molecule has 0 aliphatic carbocycles. The first-order valence-corrected chi connectivity index (χ1v) is 9.07. The number of benzene rings is 1. The van der Waals surface area contributed by atoms with Gasteiger partial charge < -0.3 is 0 Å². The molecule has 0 radical (unpaired) electrons. The first kappa shape index (κ1) is 16.5. The zero-order valence-electron chi connectivity index (χ0n) is 11.8. The molecule has 0 amide bonds. The second kappa shape index (κ2) is 6.95. The third-order valence-electron chi connectivity index (χ3n) is 2.96. The van der Waals surface area contributed by atoms with Crippen LogP contribution in [0.15, 0.2) is 35.8 Å². The molecular weight excluding hydrogens is 326 g/mol. The number of nitrogens with zero attached hydrogens (tertiary/aromatic N) is 2.